The molecule has 1 aliphatic carbocycles. The maximum absolute atomic E-state index is 11.6. The molecule has 0 radical (unpaired) electrons. The van der Waals surface area contributed by atoms with Gasteiger partial charge in [0.05, 0.1) is 6.61 Å². The number of carbonyl (C=O) groups excluding carboxylic acids is 1. The molecule has 2 fully saturated rings. The fourth-order valence-corrected chi connectivity index (χ4v) is 2.21. The topological polar surface area (TPSA) is 52.6 Å². The zero-order valence-electron chi connectivity index (χ0n) is 9.87. The molecule has 1 amide bonds. The number of hydrogen-bond acceptors (Lipinski definition) is 3. The average Bonchev–Trinajstić information content (AvgIpc) is 2.90. The van der Waals surface area contributed by atoms with Gasteiger partial charge in [0.25, 0.3) is 0 Å². The first-order chi connectivity index (χ1) is 7.74. The molecule has 0 aromatic rings. The van der Waals surface area contributed by atoms with Crippen molar-refractivity contribution in [1.29, 1.82) is 0 Å². The zero-order chi connectivity index (χ0) is 11.4. The van der Waals surface area contributed by atoms with E-state index in [1.165, 1.54) is 12.8 Å². The monoisotopic (exact) mass is 226 g/mol. The number of hydrogen-bond donors (Lipinski definition) is 2. The summed E-state index contributed by atoms with van der Waals surface area (Å²) in [5, 5.41) is 12.0. The number of carbonyl (C=O) groups is 1. The van der Waals surface area contributed by atoms with E-state index >= 15 is 0 Å². The van der Waals surface area contributed by atoms with Crippen molar-refractivity contribution in [3.63, 3.8) is 0 Å². The Morgan fingerprint density at radius 1 is 1.31 bits per heavy atom. The number of aliphatic hydroxyl groups is 1. The molecule has 2 aliphatic rings. The van der Waals surface area contributed by atoms with Gasteiger partial charge in [-0.05, 0) is 38.8 Å². The van der Waals surface area contributed by atoms with Crippen LogP contribution < -0.4 is 5.32 Å². The van der Waals surface area contributed by atoms with Crippen molar-refractivity contribution in [1.82, 2.24) is 10.2 Å². The highest BCUT2D eigenvalue weighted by Crippen LogP contribution is 2.44. The molecule has 0 spiro atoms. The summed E-state index contributed by atoms with van der Waals surface area (Å²) in [5.41, 5.74) is 0.0311. The molecule has 0 aromatic carbocycles. The highest BCUT2D eigenvalue weighted by Gasteiger charge is 2.41. The van der Waals surface area contributed by atoms with E-state index in [2.05, 4.69) is 10.2 Å². The lowest BCUT2D eigenvalue weighted by atomic mass is 10.1. The molecule has 1 aliphatic heterocycles. The predicted octanol–water partition coefficient (Wildman–Crippen LogP) is 0.361. The molecule has 0 atom stereocenters. The predicted molar refractivity (Wildman–Crippen MR) is 62.1 cm³/mol. The zero-order valence-corrected chi connectivity index (χ0v) is 9.87. The summed E-state index contributed by atoms with van der Waals surface area (Å²) in [6.07, 6.45) is 5.25. The Hall–Kier alpha value is -0.610. The highest BCUT2D eigenvalue weighted by molar-refractivity contribution is 5.76. The number of likely N-dealkylation sites (tertiary alicyclic amines) is 1. The van der Waals surface area contributed by atoms with Crippen LogP contribution in [0.1, 0.15) is 32.1 Å². The first-order valence-electron chi connectivity index (χ1n) is 6.34. The van der Waals surface area contributed by atoms with Crippen LogP contribution in [0.15, 0.2) is 0 Å². The Morgan fingerprint density at radius 2 is 2.00 bits per heavy atom. The Labute approximate surface area is 97.0 Å². The maximum atomic E-state index is 11.6. The SMILES string of the molecule is O=C(CCN1CCCC1)NCC1(CO)CC1. The van der Waals surface area contributed by atoms with E-state index < -0.39 is 0 Å². The van der Waals surface area contributed by atoms with Crippen molar-refractivity contribution in [3.05, 3.63) is 0 Å². The molecule has 1 saturated carbocycles. The molecule has 0 bridgehead atoms. The Kier molecular flexibility index (Phi) is 3.82. The van der Waals surface area contributed by atoms with Crippen LogP contribution in [-0.4, -0.2) is 48.7 Å². The Morgan fingerprint density at radius 3 is 2.56 bits per heavy atom. The number of rotatable bonds is 6. The molecule has 2 rings (SSSR count). The third-order valence-corrected chi connectivity index (χ3v) is 3.81. The molecule has 1 heterocycles. The summed E-state index contributed by atoms with van der Waals surface area (Å²) in [5.74, 6) is 0.131. The standard InChI is InChI=1S/C12H22N2O2/c15-10-12(4-5-12)9-13-11(16)3-8-14-6-1-2-7-14/h15H,1-10H2,(H,13,16). The van der Waals surface area contributed by atoms with E-state index in [-0.39, 0.29) is 17.9 Å². The van der Waals surface area contributed by atoms with Gasteiger partial charge in [-0.3, -0.25) is 4.79 Å². The van der Waals surface area contributed by atoms with E-state index in [0.717, 1.165) is 32.5 Å². The van der Waals surface area contributed by atoms with E-state index in [1.807, 2.05) is 0 Å². The van der Waals surface area contributed by atoms with Crippen molar-refractivity contribution in [2.45, 2.75) is 32.1 Å². The highest BCUT2D eigenvalue weighted by atomic mass is 16.3. The summed E-state index contributed by atoms with van der Waals surface area (Å²) < 4.78 is 0. The van der Waals surface area contributed by atoms with Crippen molar-refractivity contribution in [2.24, 2.45) is 5.41 Å². The molecule has 4 heteroatoms. The molecular weight excluding hydrogens is 204 g/mol. The summed E-state index contributed by atoms with van der Waals surface area (Å²) in [4.78, 5) is 13.9. The van der Waals surface area contributed by atoms with Crippen LogP contribution in [0.2, 0.25) is 0 Å². The molecule has 16 heavy (non-hydrogen) atoms. The second kappa shape index (κ2) is 5.15. The minimum absolute atomic E-state index is 0.0311. The molecular formula is C12H22N2O2. The number of nitrogens with one attached hydrogen (secondary N) is 1. The van der Waals surface area contributed by atoms with Crippen LogP contribution in [0.5, 0.6) is 0 Å². The number of aliphatic hydroxyl groups excluding tert-OH is 1. The molecule has 1 saturated heterocycles. The van der Waals surface area contributed by atoms with Crippen LogP contribution in [0.3, 0.4) is 0 Å². The summed E-state index contributed by atoms with van der Waals surface area (Å²) >= 11 is 0. The lowest BCUT2D eigenvalue weighted by molar-refractivity contribution is -0.121. The van der Waals surface area contributed by atoms with Gasteiger partial charge in [-0.2, -0.15) is 0 Å². The number of amides is 1. The first kappa shape index (κ1) is 11.9. The normalized spacial score (nSPS) is 23.3. The molecule has 0 unspecified atom stereocenters. The Bertz CT molecular complexity index is 245. The van der Waals surface area contributed by atoms with Gasteiger partial charge in [-0.25, -0.2) is 0 Å². The van der Waals surface area contributed by atoms with Gasteiger partial charge in [0.1, 0.15) is 0 Å². The quantitative estimate of drug-likeness (QED) is 0.687. The fourth-order valence-electron chi connectivity index (χ4n) is 2.21. The van der Waals surface area contributed by atoms with Gasteiger partial charge in [0.15, 0.2) is 0 Å². The van der Waals surface area contributed by atoms with Crippen LogP contribution in [0.4, 0.5) is 0 Å². The molecule has 2 N–H and O–H groups in total. The van der Waals surface area contributed by atoms with Crippen LogP contribution in [0.25, 0.3) is 0 Å². The molecule has 4 nitrogen and oxygen atoms in total. The summed E-state index contributed by atoms with van der Waals surface area (Å²) in [7, 11) is 0. The minimum Gasteiger partial charge on any atom is -0.396 e. The summed E-state index contributed by atoms with van der Waals surface area (Å²) in [6.45, 7) is 4.04. The third kappa shape index (κ3) is 3.19. The van der Waals surface area contributed by atoms with Gasteiger partial charge in [0.2, 0.25) is 5.91 Å². The lowest BCUT2D eigenvalue weighted by Gasteiger charge is -2.16. The largest absolute Gasteiger partial charge is 0.396 e. The van der Waals surface area contributed by atoms with Gasteiger partial charge in [0, 0.05) is 24.9 Å². The second-order valence-electron chi connectivity index (χ2n) is 5.23. The fraction of sp³-hybridized carbons (Fsp3) is 0.917. The van der Waals surface area contributed by atoms with E-state index in [1.54, 1.807) is 0 Å². The minimum atomic E-state index is 0.0311. The second-order valence-corrected chi connectivity index (χ2v) is 5.23. The Balaban J connectivity index is 1.57. The van der Waals surface area contributed by atoms with Crippen molar-refractivity contribution < 1.29 is 9.90 Å². The third-order valence-electron chi connectivity index (χ3n) is 3.81. The first-order valence-corrected chi connectivity index (χ1v) is 6.34. The van der Waals surface area contributed by atoms with E-state index in [9.17, 15) is 4.79 Å². The molecule has 0 aromatic heterocycles. The maximum Gasteiger partial charge on any atom is 0.221 e. The number of nitrogens with zero attached hydrogens (tertiary/aromatic N) is 1. The van der Waals surface area contributed by atoms with Crippen molar-refractivity contribution in [3.8, 4) is 0 Å². The lowest BCUT2D eigenvalue weighted by Crippen LogP contribution is -2.34. The van der Waals surface area contributed by atoms with Gasteiger partial charge in [-0.15, -0.1) is 0 Å². The van der Waals surface area contributed by atoms with Gasteiger partial charge < -0.3 is 15.3 Å². The van der Waals surface area contributed by atoms with Crippen LogP contribution in [0, 0.1) is 5.41 Å². The summed E-state index contributed by atoms with van der Waals surface area (Å²) in [6, 6.07) is 0. The van der Waals surface area contributed by atoms with E-state index in [4.69, 9.17) is 5.11 Å². The van der Waals surface area contributed by atoms with E-state index in [0.29, 0.717) is 13.0 Å². The smallest absolute Gasteiger partial charge is 0.221 e. The van der Waals surface area contributed by atoms with Crippen LogP contribution >= 0.6 is 0 Å². The molecule has 92 valence electrons. The van der Waals surface area contributed by atoms with Crippen molar-refractivity contribution in [2.75, 3.05) is 32.8 Å². The average molecular weight is 226 g/mol. The van der Waals surface area contributed by atoms with Gasteiger partial charge in [-0.1, -0.05) is 0 Å². The van der Waals surface area contributed by atoms with Crippen LogP contribution in [-0.2, 0) is 4.79 Å². The van der Waals surface area contributed by atoms with Gasteiger partial charge >= 0.3 is 0 Å². The van der Waals surface area contributed by atoms with Crippen molar-refractivity contribution >= 4 is 5.91 Å².